The zero-order valence-corrected chi connectivity index (χ0v) is 37.5. The molecule has 5 rings (SSSR count). The molecule has 25 heteroatoms. The van der Waals surface area contributed by atoms with Crippen LogP contribution in [0, 0.1) is 20.2 Å². The van der Waals surface area contributed by atoms with Crippen LogP contribution in [0.2, 0.25) is 0 Å². The van der Waals surface area contributed by atoms with Crippen molar-refractivity contribution in [2.24, 2.45) is 0 Å². The first-order chi connectivity index (χ1) is 32.0. The molecule has 5 aromatic rings. The van der Waals surface area contributed by atoms with Crippen LogP contribution in [0.25, 0.3) is 11.6 Å². The lowest BCUT2D eigenvalue weighted by molar-refractivity contribution is -0.763. The van der Waals surface area contributed by atoms with Crippen molar-refractivity contribution in [1.82, 2.24) is 19.9 Å². The molecule has 356 valence electrons. The predicted octanol–water partition coefficient (Wildman–Crippen LogP) is 5.90. The van der Waals surface area contributed by atoms with Crippen molar-refractivity contribution < 1.29 is 71.0 Å². The average molecular weight is 952 g/mol. The lowest BCUT2D eigenvalue weighted by Gasteiger charge is -2.30. The van der Waals surface area contributed by atoms with E-state index in [1.165, 1.54) is 75.0 Å². The number of carbonyl (C=O) groups is 2. The van der Waals surface area contributed by atoms with Crippen molar-refractivity contribution in [2.45, 2.75) is 50.8 Å². The molecule has 1 unspecified atom stereocenters. The fourth-order valence-electron chi connectivity index (χ4n) is 5.70. The van der Waals surface area contributed by atoms with E-state index in [1.54, 1.807) is 30.3 Å². The van der Waals surface area contributed by atoms with Gasteiger partial charge in [0, 0.05) is 12.4 Å². The summed E-state index contributed by atoms with van der Waals surface area (Å²) in [5.74, 6) is -2.36. The third-order valence-electron chi connectivity index (χ3n) is 8.90. The zero-order valence-electron chi connectivity index (χ0n) is 36.7. The Morgan fingerprint density at radius 1 is 0.761 bits per heavy atom. The number of esters is 1. The van der Waals surface area contributed by atoms with Gasteiger partial charge in [-0.1, -0.05) is 57.2 Å². The number of para-hydroxylation sites is 2. The van der Waals surface area contributed by atoms with Crippen LogP contribution >= 0.6 is 0 Å². The number of carbonyl (C=O) groups excluding carboxylic acids is 2. The Balaban J connectivity index is 1.57. The minimum Gasteiger partial charge on any atom is -0.493 e. The van der Waals surface area contributed by atoms with Gasteiger partial charge in [-0.2, -0.15) is 4.98 Å². The van der Waals surface area contributed by atoms with Gasteiger partial charge in [0.1, 0.15) is 33.0 Å². The molecule has 0 N–H and O–H groups in total. The normalized spacial score (nSPS) is 11.7. The van der Waals surface area contributed by atoms with Crippen molar-refractivity contribution in [3.8, 4) is 34.8 Å². The third-order valence-corrected chi connectivity index (χ3v) is 10.8. The van der Waals surface area contributed by atoms with Gasteiger partial charge in [0.2, 0.25) is 11.6 Å². The number of ether oxygens (including phenoxy) is 7. The van der Waals surface area contributed by atoms with Gasteiger partial charge >= 0.3 is 12.1 Å². The first-order valence-electron chi connectivity index (χ1n) is 20.0. The molecule has 1 atom stereocenters. The molecule has 0 bridgehead atoms. The molecule has 0 radical (unpaired) electrons. The standard InChI is InChI=1S/C42H45N7O17S/c1-28(65-41(51)62-23-21-59-22-26-63-48(52)53)47(67(56,57)32-17-15-31(16-18-32)42(2,3)4)38-35(66-34-10-7-6-9-33(34)58-5)39(46-37(45-38)36-43-19-8-20-44-36)60-24-25-61-40(50)30-13-11-29(12-14-30)27-64-49(54)55/h6-20,28H,21-27H2,1-5H3. The highest BCUT2D eigenvalue weighted by Gasteiger charge is 2.39. The largest absolute Gasteiger partial charge is 0.510 e. The molecule has 0 amide bonds. The van der Waals surface area contributed by atoms with Crippen molar-refractivity contribution >= 4 is 28.0 Å². The van der Waals surface area contributed by atoms with Crippen LogP contribution in [0.15, 0.2) is 96.2 Å². The molecular formula is C42H45N7O17S. The van der Waals surface area contributed by atoms with E-state index in [4.69, 9.17) is 33.2 Å². The molecule has 0 aliphatic carbocycles. The number of aromatic nitrogens is 4. The van der Waals surface area contributed by atoms with E-state index in [2.05, 4.69) is 29.6 Å². The maximum Gasteiger partial charge on any atom is 0.510 e. The minimum atomic E-state index is -4.83. The third kappa shape index (κ3) is 14.3. The molecule has 67 heavy (non-hydrogen) atoms. The van der Waals surface area contributed by atoms with Crippen LogP contribution in [0.3, 0.4) is 0 Å². The molecule has 2 aromatic heterocycles. The second-order valence-corrected chi connectivity index (χ2v) is 16.4. The van der Waals surface area contributed by atoms with Crippen LogP contribution in [0.5, 0.6) is 23.1 Å². The summed E-state index contributed by atoms with van der Waals surface area (Å²) in [6.45, 7) is 4.76. The summed E-state index contributed by atoms with van der Waals surface area (Å²) in [4.78, 5) is 72.9. The summed E-state index contributed by atoms with van der Waals surface area (Å²) in [5, 5.41) is 19.0. The monoisotopic (exact) mass is 951 g/mol. The van der Waals surface area contributed by atoms with Gasteiger partial charge in [-0.3, -0.25) is 0 Å². The maximum atomic E-state index is 15.1. The smallest absolute Gasteiger partial charge is 0.493 e. The highest BCUT2D eigenvalue weighted by molar-refractivity contribution is 7.92. The summed E-state index contributed by atoms with van der Waals surface area (Å²) in [6.07, 6.45) is -0.344. The summed E-state index contributed by atoms with van der Waals surface area (Å²) in [5.41, 5.74) is 0.979. The first kappa shape index (κ1) is 50.1. The van der Waals surface area contributed by atoms with E-state index in [9.17, 15) is 29.8 Å². The second-order valence-electron chi connectivity index (χ2n) is 14.6. The van der Waals surface area contributed by atoms with Gasteiger partial charge in [0.05, 0.1) is 30.8 Å². The molecule has 3 aromatic carbocycles. The molecule has 0 aliphatic rings. The number of rotatable bonds is 24. The lowest BCUT2D eigenvalue weighted by atomic mass is 9.87. The van der Waals surface area contributed by atoms with E-state index in [-0.39, 0.29) is 65.4 Å². The Kier molecular flexibility index (Phi) is 17.4. The first-order valence-corrected chi connectivity index (χ1v) is 21.4. The minimum absolute atomic E-state index is 0.0327. The number of anilines is 1. The van der Waals surface area contributed by atoms with Gasteiger partial charge in [-0.05, 0) is 65.9 Å². The van der Waals surface area contributed by atoms with Crippen LogP contribution in [-0.2, 0) is 50.7 Å². The number of benzene rings is 3. The van der Waals surface area contributed by atoms with Crippen molar-refractivity contribution in [2.75, 3.05) is 51.1 Å². The van der Waals surface area contributed by atoms with E-state index < -0.39 is 75.8 Å². The topological polar surface area (TPSA) is 292 Å². The number of hydrogen-bond acceptors (Lipinski definition) is 21. The van der Waals surface area contributed by atoms with E-state index >= 15 is 8.42 Å². The summed E-state index contributed by atoms with van der Waals surface area (Å²) in [7, 11) is -3.45. The Bertz CT molecular complexity index is 2580. The molecular weight excluding hydrogens is 907 g/mol. The average Bonchev–Trinajstić information content (AvgIpc) is 3.30. The Hall–Kier alpha value is -7.93. The number of sulfonamides is 1. The quantitative estimate of drug-likeness (QED) is 0.0229. The number of nitrogens with zero attached hydrogens (tertiary/aromatic N) is 7. The lowest BCUT2D eigenvalue weighted by Crippen LogP contribution is -2.42. The van der Waals surface area contributed by atoms with E-state index in [0.29, 0.717) is 9.87 Å². The Labute approximate surface area is 382 Å². The molecule has 2 heterocycles. The van der Waals surface area contributed by atoms with Crippen LogP contribution in [0.4, 0.5) is 10.6 Å². The fourth-order valence-corrected chi connectivity index (χ4v) is 7.20. The van der Waals surface area contributed by atoms with Gasteiger partial charge in [0.25, 0.3) is 26.1 Å². The molecule has 0 saturated heterocycles. The van der Waals surface area contributed by atoms with E-state index in [0.717, 1.165) is 5.56 Å². The van der Waals surface area contributed by atoms with Gasteiger partial charge in [-0.15, -0.1) is 20.2 Å². The molecule has 0 saturated carbocycles. The van der Waals surface area contributed by atoms with Gasteiger partial charge in [-0.25, -0.2) is 37.3 Å². The molecule has 0 aliphatic heterocycles. The SMILES string of the molecule is COc1ccccc1Oc1c(OCCOC(=O)c2ccc(CO[N+](=O)[O-])cc2)nc(-c2ncccn2)nc1N(C(C)OC(=O)OCCOCCO[N+](=O)[O-])S(=O)(=O)c1ccc(C(C)(C)C)cc1. The number of hydrogen-bond donors (Lipinski definition) is 0. The van der Waals surface area contributed by atoms with Crippen LogP contribution < -0.4 is 18.5 Å². The summed E-state index contributed by atoms with van der Waals surface area (Å²) >= 11 is 0. The maximum absolute atomic E-state index is 15.1. The molecule has 0 fully saturated rings. The summed E-state index contributed by atoms with van der Waals surface area (Å²) < 4.78 is 70.1. The van der Waals surface area contributed by atoms with Gasteiger partial charge in [0.15, 0.2) is 29.4 Å². The predicted molar refractivity (Wildman–Crippen MR) is 231 cm³/mol. The Morgan fingerprint density at radius 3 is 2.04 bits per heavy atom. The van der Waals surface area contributed by atoms with Crippen molar-refractivity contribution in [1.29, 1.82) is 0 Å². The Morgan fingerprint density at radius 2 is 1.40 bits per heavy atom. The van der Waals surface area contributed by atoms with Crippen molar-refractivity contribution in [3.05, 3.63) is 128 Å². The zero-order chi connectivity index (χ0) is 48.6. The second kappa shape index (κ2) is 23.3. The highest BCUT2D eigenvalue weighted by atomic mass is 32.2. The molecule has 24 nitrogen and oxygen atoms in total. The van der Waals surface area contributed by atoms with E-state index in [1.807, 2.05) is 20.8 Å². The fraction of sp³-hybridized carbons (Fsp3) is 0.333. The van der Waals surface area contributed by atoms with Gasteiger partial charge < -0.3 is 42.8 Å². The van der Waals surface area contributed by atoms with Crippen LogP contribution in [0.1, 0.15) is 49.2 Å². The van der Waals surface area contributed by atoms with Crippen molar-refractivity contribution in [3.63, 3.8) is 0 Å². The summed E-state index contributed by atoms with van der Waals surface area (Å²) in [6, 6.07) is 19.5. The highest BCUT2D eigenvalue weighted by Crippen LogP contribution is 2.44. The molecule has 0 spiro atoms. The van der Waals surface area contributed by atoms with Crippen LogP contribution in [-0.4, -0.2) is 104 Å². The number of methoxy groups -OCH3 is 1.